The number of aromatic nitrogens is 1. The van der Waals surface area contributed by atoms with Crippen LogP contribution in [0.1, 0.15) is 54.8 Å². The van der Waals surface area contributed by atoms with E-state index in [0.29, 0.717) is 13.0 Å². The lowest BCUT2D eigenvalue weighted by Crippen LogP contribution is -2.40. The number of piperidine rings is 1. The fourth-order valence-electron chi connectivity index (χ4n) is 3.77. The monoisotopic (exact) mass is 365 g/mol. The van der Waals surface area contributed by atoms with E-state index in [9.17, 15) is 4.79 Å². The summed E-state index contributed by atoms with van der Waals surface area (Å²) >= 11 is 0. The van der Waals surface area contributed by atoms with Crippen LogP contribution in [-0.2, 0) is 11.2 Å². The van der Waals surface area contributed by atoms with Crippen molar-refractivity contribution in [3.63, 3.8) is 0 Å². The maximum absolute atomic E-state index is 12.4. The third-order valence-electron chi connectivity index (χ3n) is 5.38. The highest BCUT2D eigenvalue weighted by molar-refractivity contribution is 5.75. The summed E-state index contributed by atoms with van der Waals surface area (Å²) in [4.78, 5) is 19.0. The van der Waals surface area contributed by atoms with E-state index in [2.05, 4.69) is 52.5 Å². The van der Waals surface area contributed by atoms with Gasteiger partial charge in [0.2, 0.25) is 5.91 Å². The van der Waals surface area contributed by atoms with Crippen molar-refractivity contribution in [1.82, 2.24) is 15.2 Å². The number of carbonyl (C=O) groups is 1. The van der Waals surface area contributed by atoms with Gasteiger partial charge >= 0.3 is 0 Å². The number of rotatable bonds is 8. The van der Waals surface area contributed by atoms with Crippen LogP contribution < -0.4 is 5.32 Å². The molecule has 1 aromatic heterocycles. The van der Waals surface area contributed by atoms with E-state index in [4.69, 9.17) is 0 Å². The molecule has 1 amide bonds. The number of hydrogen-bond donors (Lipinski definition) is 1. The number of carbonyl (C=O) groups excluding carboxylic acids is 1. The van der Waals surface area contributed by atoms with Gasteiger partial charge in [-0.05, 0) is 62.9 Å². The summed E-state index contributed by atoms with van der Waals surface area (Å²) in [6.45, 7) is 5.04. The molecule has 4 heteroatoms. The SMILES string of the molecule is Cc1ccc(C(CNC(=O)CCCc2cccnc2)N2CCCCC2)cc1. The number of nitrogens with one attached hydrogen (secondary N) is 1. The lowest BCUT2D eigenvalue weighted by Gasteiger charge is -2.35. The van der Waals surface area contributed by atoms with Crippen LogP contribution in [0, 0.1) is 6.92 Å². The summed E-state index contributed by atoms with van der Waals surface area (Å²) in [6, 6.07) is 13.0. The first-order valence-corrected chi connectivity index (χ1v) is 10.2. The average molecular weight is 366 g/mol. The molecule has 27 heavy (non-hydrogen) atoms. The van der Waals surface area contributed by atoms with E-state index in [0.717, 1.165) is 25.9 Å². The zero-order valence-corrected chi connectivity index (χ0v) is 16.4. The zero-order chi connectivity index (χ0) is 18.9. The van der Waals surface area contributed by atoms with Crippen LogP contribution >= 0.6 is 0 Å². The Labute approximate surface area is 163 Å². The highest BCUT2D eigenvalue weighted by Gasteiger charge is 2.22. The predicted octanol–water partition coefficient (Wildman–Crippen LogP) is 4.06. The molecule has 1 aliphatic rings. The topological polar surface area (TPSA) is 45.2 Å². The molecule has 0 aliphatic carbocycles. The standard InChI is InChI=1S/C23H31N3O/c1-19-10-12-21(13-11-19)22(26-15-3-2-4-16-26)18-25-23(27)9-5-7-20-8-6-14-24-17-20/h6,8,10-14,17,22H,2-5,7,9,15-16,18H2,1H3,(H,25,27). The highest BCUT2D eigenvalue weighted by Crippen LogP contribution is 2.24. The highest BCUT2D eigenvalue weighted by atomic mass is 16.1. The Bertz CT molecular complexity index is 693. The van der Waals surface area contributed by atoms with Gasteiger partial charge in [0.15, 0.2) is 0 Å². The number of pyridine rings is 1. The van der Waals surface area contributed by atoms with Gasteiger partial charge in [-0.3, -0.25) is 14.7 Å². The molecule has 0 spiro atoms. The smallest absolute Gasteiger partial charge is 0.220 e. The van der Waals surface area contributed by atoms with Gasteiger partial charge in [0.05, 0.1) is 6.04 Å². The number of likely N-dealkylation sites (tertiary alicyclic amines) is 1. The first-order valence-electron chi connectivity index (χ1n) is 10.2. The van der Waals surface area contributed by atoms with E-state index in [-0.39, 0.29) is 11.9 Å². The van der Waals surface area contributed by atoms with Crippen molar-refractivity contribution in [3.05, 3.63) is 65.5 Å². The molecule has 1 N–H and O–H groups in total. The van der Waals surface area contributed by atoms with Gasteiger partial charge in [-0.15, -0.1) is 0 Å². The summed E-state index contributed by atoms with van der Waals surface area (Å²) in [6.07, 6.45) is 9.80. The summed E-state index contributed by atoms with van der Waals surface area (Å²) in [5.41, 5.74) is 3.77. The molecule has 144 valence electrons. The van der Waals surface area contributed by atoms with Gasteiger partial charge in [-0.2, -0.15) is 0 Å². The molecule has 1 aromatic carbocycles. The summed E-state index contributed by atoms with van der Waals surface area (Å²) in [5, 5.41) is 3.18. The number of hydrogen-bond acceptors (Lipinski definition) is 3. The Balaban J connectivity index is 1.52. The minimum Gasteiger partial charge on any atom is -0.354 e. The molecule has 4 nitrogen and oxygen atoms in total. The summed E-state index contributed by atoms with van der Waals surface area (Å²) in [5.74, 6) is 0.146. The lowest BCUT2D eigenvalue weighted by atomic mass is 10.0. The Morgan fingerprint density at radius 2 is 1.93 bits per heavy atom. The summed E-state index contributed by atoms with van der Waals surface area (Å²) < 4.78 is 0. The Morgan fingerprint density at radius 3 is 2.63 bits per heavy atom. The van der Waals surface area contributed by atoms with E-state index in [1.807, 2.05) is 12.3 Å². The molecule has 1 saturated heterocycles. The van der Waals surface area contributed by atoms with E-state index >= 15 is 0 Å². The van der Waals surface area contributed by atoms with Crippen molar-refractivity contribution in [1.29, 1.82) is 0 Å². The second-order valence-corrected chi connectivity index (χ2v) is 7.54. The molecular formula is C23H31N3O. The van der Waals surface area contributed by atoms with Gasteiger partial charge in [0, 0.05) is 25.4 Å². The van der Waals surface area contributed by atoms with E-state index < -0.39 is 0 Å². The third-order valence-corrected chi connectivity index (χ3v) is 5.38. The number of nitrogens with zero attached hydrogens (tertiary/aromatic N) is 2. The predicted molar refractivity (Wildman–Crippen MR) is 110 cm³/mol. The molecule has 0 bridgehead atoms. The quantitative estimate of drug-likeness (QED) is 0.767. The van der Waals surface area contributed by atoms with E-state index in [1.54, 1.807) is 6.20 Å². The normalized spacial score (nSPS) is 16.0. The maximum Gasteiger partial charge on any atom is 0.220 e. The maximum atomic E-state index is 12.4. The van der Waals surface area contributed by atoms with Crippen molar-refractivity contribution >= 4 is 5.91 Å². The largest absolute Gasteiger partial charge is 0.354 e. The average Bonchev–Trinajstić information content (AvgIpc) is 2.71. The van der Waals surface area contributed by atoms with Crippen molar-refractivity contribution < 1.29 is 4.79 Å². The van der Waals surface area contributed by atoms with E-state index in [1.165, 1.54) is 36.0 Å². The van der Waals surface area contributed by atoms with Crippen LogP contribution in [0.25, 0.3) is 0 Å². The molecule has 1 atom stereocenters. The van der Waals surface area contributed by atoms with Gasteiger partial charge in [0.25, 0.3) is 0 Å². The first kappa shape index (κ1) is 19.6. The molecule has 1 fully saturated rings. The molecule has 0 radical (unpaired) electrons. The van der Waals surface area contributed by atoms with Gasteiger partial charge in [0.1, 0.15) is 0 Å². The zero-order valence-electron chi connectivity index (χ0n) is 16.4. The second kappa shape index (κ2) is 10.2. The molecule has 3 rings (SSSR count). The van der Waals surface area contributed by atoms with Gasteiger partial charge in [-0.1, -0.05) is 42.3 Å². The first-order chi connectivity index (χ1) is 13.2. The summed E-state index contributed by atoms with van der Waals surface area (Å²) in [7, 11) is 0. The van der Waals surface area contributed by atoms with Crippen LogP contribution in [0.15, 0.2) is 48.8 Å². The minimum absolute atomic E-state index is 0.146. The number of amides is 1. The molecule has 1 unspecified atom stereocenters. The fraction of sp³-hybridized carbons (Fsp3) is 0.478. The van der Waals surface area contributed by atoms with Crippen LogP contribution in [-0.4, -0.2) is 35.4 Å². The van der Waals surface area contributed by atoms with Crippen LogP contribution in [0.4, 0.5) is 0 Å². The lowest BCUT2D eigenvalue weighted by molar-refractivity contribution is -0.121. The van der Waals surface area contributed by atoms with Crippen molar-refractivity contribution in [2.24, 2.45) is 0 Å². The third kappa shape index (κ3) is 6.17. The molecule has 1 aliphatic heterocycles. The van der Waals surface area contributed by atoms with Crippen LogP contribution in [0.5, 0.6) is 0 Å². The number of benzene rings is 1. The van der Waals surface area contributed by atoms with Gasteiger partial charge in [-0.25, -0.2) is 0 Å². The van der Waals surface area contributed by atoms with Crippen LogP contribution in [0.2, 0.25) is 0 Å². The molecule has 2 heterocycles. The number of aryl methyl sites for hydroxylation is 2. The Morgan fingerprint density at radius 1 is 1.15 bits per heavy atom. The molecule has 0 saturated carbocycles. The Hall–Kier alpha value is -2.20. The molecule has 2 aromatic rings. The van der Waals surface area contributed by atoms with Crippen molar-refractivity contribution in [3.8, 4) is 0 Å². The second-order valence-electron chi connectivity index (χ2n) is 7.54. The van der Waals surface area contributed by atoms with Gasteiger partial charge < -0.3 is 5.32 Å². The van der Waals surface area contributed by atoms with Crippen LogP contribution in [0.3, 0.4) is 0 Å². The minimum atomic E-state index is 0.146. The Kier molecular flexibility index (Phi) is 7.40. The van der Waals surface area contributed by atoms with Crippen molar-refractivity contribution in [2.45, 2.75) is 51.5 Å². The molecular weight excluding hydrogens is 334 g/mol. The van der Waals surface area contributed by atoms with Crippen molar-refractivity contribution in [2.75, 3.05) is 19.6 Å². The fourth-order valence-corrected chi connectivity index (χ4v) is 3.77.